The lowest BCUT2D eigenvalue weighted by molar-refractivity contribution is 0.0515. The highest BCUT2D eigenvalue weighted by Gasteiger charge is 2.23. The molecule has 70 valence electrons. The minimum atomic E-state index is -0.0834. The van der Waals surface area contributed by atoms with Gasteiger partial charge in [0.15, 0.2) is 0 Å². The Morgan fingerprint density at radius 1 is 1.50 bits per heavy atom. The first-order valence-corrected chi connectivity index (χ1v) is 5.08. The molecule has 0 saturated carbocycles. The minimum Gasteiger partial charge on any atom is -0.393 e. The van der Waals surface area contributed by atoms with Gasteiger partial charge in [0.2, 0.25) is 0 Å². The number of aliphatic hydroxyl groups is 1. The highest BCUT2D eigenvalue weighted by atomic mass is 16.3. The molecule has 1 N–H and O–H groups in total. The van der Waals surface area contributed by atoms with E-state index in [1.165, 1.54) is 6.42 Å². The molecule has 1 heteroatoms. The van der Waals surface area contributed by atoms with Gasteiger partial charge in [-0.3, -0.25) is 0 Å². The summed E-state index contributed by atoms with van der Waals surface area (Å²) < 4.78 is 0. The molecule has 12 heavy (non-hydrogen) atoms. The molecule has 0 radical (unpaired) electrons. The van der Waals surface area contributed by atoms with Gasteiger partial charge in [0.1, 0.15) is 0 Å². The summed E-state index contributed by atoms with van der Waals surface area (Å²) in [5.74, 6) is 0.978. The summed E-state index contributed by atoms with van der Waals surface area (Å²) in [6.07, 6.45) is 8.83. The smallest absolute Gasteiger partial charge is 0.0596 e. The molecule has 0 bridgehead atoms. The Morgan fingerprint density at radius 2 is 2.25 bits per heavy atom. The van der Waals surface area contributed by atoms with Gasteiger partial charge in [-0.2, -0.15) is 0 Å². The van der Waals surface area contributed by atoms with Crippen molar-refractivity contribution >= 4 is 0 Å². The lowest BCUT2D eigenvalue weighted by Gasteiger charge is -2.27. The van der Waals surface area contributed by atoms with Crippen molar-refractivity contribution in [2.24, 2.45) is 11.8 Å². The molecule has 3 unspecified atom stereocenters. The lowest BCUT2D eigenvalue weighted by Crippen LogP contribution is -2.27. The fourth-order valence-corrected chi connectivity index (χ4v) is 1.83. The number of allylic oxidation sites excluding steroid dienone is 2. The Labute approximate surface area is 75.5 Å². The molecule has 0 aromatic heterocycles. The quantitative estimate of drug-likeness (QED) is 0.642. The lowest BCUT2D eigenvalue weighted by atomic mass is 9.83. The predicted molar refractivity (Wildman–Crippen MR) is 51.9 cm³/mol. The molecule has 0 aromatic rings. The van der Waals surface area contributed by atoms with Crippen LogP contribution in [-0.2, 0) is 0 Å². The van der Waals surface area contributed by atoms with Gasteiger partial charge in [-0.15, -0.1) is 0 Å². The number of aliphatic hydroxyl groups excluding tert-OH is 1. The largest absolute Gasteiger partial charge is 0.393 e. The molecule has 0 aromatic carbocycles. The van der Waals surface area contributed by atoms with Crippen LogP contribution in [0.3, 0.4) is 0 Å². The molecule has 1 nitrogen and oxygen atoms in total. The standard InChI is InChI=1S/C11H20O/c1-3-9(2)11(12)10-7-5-4-6-8-10/h4-5,9-12H,3,6-8H2,1-2H3. The van der Waals surface area contributed by atoms with Gasteiger partial charge in [-0.05, 0) is 31.1 Å². The summed E-state index contributed by atoms with van der Waals surface area (Å²) in [4.78, 5) is 0. The molecular formula is C11H20O. The Balaban J connectivity index is 2.40. The second-order valence-corrected chi connectivity index (χ2v) is 3.92. The van der Waals surface area contributed by atoms with Crippen molar-refractivity contribution in [1.82, 2.24) is 0 Å². The molecular weight excluding hydrogens is 148 g/mol. The van der Waals surface area contributed by atoms with E-state index >= 15 is 0 Å². The van der Waals surface area contributed by atoms with Gasteiger partial charge in [-0.25, -0.2) is 0 Å². The van der Waals surface area contributed by atoms with Crippen LogP contribution in [0.1, 0.15) is 39.5 Å². The van der Waals surface area contributed by atoms with Crippen LogP contribution in [0.4, 0.5) is 0 Å². The Bertz CT molecular complexity index is 151. The molecule has 1 aliphatic rings. The second kappa shape index (κ2) is 4.66. The first-order valence-electron chi connectivity index (χ1n) is 5.08. The van der Waals surface area contributed by atoms with Crippen molar-refractivity contribution in [1.29, 1.82) is 0 Å². The summed E-state index contributed by atoms with van der Waals surface area (Å²) in [7, 11) is 0. The molecule has 0 spiro atoms. The monoisotopic (exact) mass is 168 g/mol. The summed E-state index contributed by atoms with van der Waals surface area (Å²) in [6, 6.07) is 0. The topological polar surface area (TPSA) is 20.2 Å². The third-order valence-corrected chi connectivity index (χ3v) is 3.02. The number of hydrogen-bond donors (Lipinski definition) is 1. The van der Waals surface area contributed by atoms with E-state index < -0.39 is 0 Å². The van der Waals surface area contributed by atoms with E-state index in [4.69, 9.17) is 0 Å². The third kappa shape index (κ3) is 2.34. The van der Waals surface area contributed by atoms with E-state index in [9.17, 15) is 5.11 Å². The van der Waals surface area contributed by atoms with E-state index in [2.05, 4.69) is 26.0 Å². The van der Waals surface area contributed by atoms with Crippen LogP contribution in [-0.4, -0.2) is 11.2 Å². The first kappa shape index (κ1) is 9.79. The molecule has 0 saturated heterocycles. The highest BCUT2D eigenvalue weighted by Crippen LogP contribution is 2.26. The maximum atomic E-state index is 9.91. The third-order valence-electron chi connectivity index (χ3n) is 3.02. The van der Waals surface area contributed by atoms with E-state index in [-0.39, 0.29) is 6.10 Å². The van der Waals surface area contributed by atoms with E-state index in [1.54, 1.807) is 0 Å². The molecule has 0 heterocycles. The van der Waals surface area contributed by atoms with Crippen LogP contribution in [0.5, 0.6) is 0 Å². The second-order valence-electron chi connectivity index (χ2n) is 3.92. The zero-order valence-electron chi connectivity index (χ0n) is 8.16. The molecule has 0 aliphatic heterocycles. The first-order chi connectivity index (χ1) is 5.75. The Kier molecular flexibility index (Phi) is 3.80. The van der Waals surface area contributed by atoms with Gasteiger partial charge in [-0.1, -0.05) is 32.4 Å². The van der Waals surface area contributed by atoms with Gasteiger partial charge in [0.25, 0.3) is 0 Å². The minimum absolute atomic E-state index is 0.0834. The van der Waals surface area contributed by atoms with Gasteiger partial charge in [0, 0.05) is 0 Å². The normalized spacial score (nSPS) is 28.4. The summed E-state index contributed by atoms with van der Waals surface area (Å²) in [5.41, 5.74) is 0. The van der Waals surface area contributed by atoms with Gasteiger partial charge >= 0.3 is 0 Å². The van der Waals surface area contributed by atoms with Crippen molar-refractivity contribution in [3.8, 4) is 0 Å². The predicted octanol–water partition coefficient (Wildman–Crippen LogP) is 2.75. The summed E-state index contributed by atoms with van der Waals surface area (Å²) >= 11 is 0. The average Bonchev–Trinajstić information content (AvgIpc) is 2.17. The fraction of sp³-hybridized carbons (Fsp3) is 0.818. The Morgan fingerprint density at radius 3 is 2.75 bits per heavy atom. The SMILES string of the molecule is CCC(C)C(O)C1CC=CCC1. The zero-order valence-corrected chi connectivity index (χ0v) is 8.16. The van der Waals surface area contributed by atoms with Gasteiger partial charge < -0.3 is 5.11 Å². The van der Waals surface area contributed by atoms with Crippen molar-refractivity contribution < 1.29 is 5.11 Å². The van der Waals surface area contributed by atoms with Gasteiger partial charge in [0.05, 0.1) is 6.10 Å². The number of hydrogen-bond acceptors (Lipinski definition) is 1. The maximum Gasteiger partial charge on any atom is 0.0596 e. The molecule has 0 amide bonds. The molecule has 3 atom stereocenters. The Hall–Kier alpha value is -0.300. The van der Waals surface area contributed by atoms with Crippen LogP contribution >= 0.6 is 0 Å². The van der Waals surface area contributed by atoms with Crippen LogP contribution in [0.15, 0.2) is 12.2 Å². The van der Waals surface area contributed by atoms with E-state index in [0.29, 0.717) is 11.8 Å². The van der Waals surface area contributed by atoms with Crippen molar-refractivity contribution in [3.63, 3.8) is 0 Å². The van der Waals surface area contributed by atoms with Crippen LogP contribution in [0.25, 0.3) is 0 Å². The van der Waals surface area contributed by atoms with Crippen LogP contribution in [0.2, 0.25) is 0 Å². The van der Waals surface area contributed by atoms with Crippen LogP contribution in [0, 0.1) is 11.8 Å². The zero-order chi connectivity index (χ0) is 8.97. The molecule has 0 fully saturated rings. The average molecular weight is 168 g/mol. The summed E-state index contributed by atoms with van der Waals surface area (Å²) in [5, 5.41) is 9.91. The maximum absolute atomic E-state index is 9.91. The van der Waals surface area contributed by atoms with Crippen LogP contribution < -0.4 is 0 Å². The number of rotatable bonds is 3. The molecule has 1 rings (SSSR count). The van der Waals surface area contributed by atoms with Crippen molar-refractivity contribution in [2.45, 2.75) is 45.6 Å². The highest BCUT2D eigenvalue weighted by molar-refractivity contribution is 4.92. The summed E-state index contributed by atoms with van der Waals surface area (Å²) in [6.45, 7) is 4.29. The van der Waals surface area contributed by atoms with Crippen molar-refractivity contribution in [3.05, 3.63) is 12.2 Å². The van der Waals surface area contributed by atoms with E-state index in [1.807, 2.05) is 0 Å². The molecule has 1 aliphatic carbocycles. The van der Waals surface area contributed by atoms with E-state index in [0.717, 1.165) is 19.3 Å². The van der Waals surface area contributed by atoms with Crippen molar-refractivity contribution in [2.75, 3.05) is 0 Å². The fourth-order valence-electron chi connectivity index (χ4n) is 1.83.